The van der Waals surface area contributed by atoms with E-state index in [1.54, 1.807) is 0 Å². The van der Waals surface area contributed by atoms with Crippen LogP contribution in [0.2, 0.25) is 0 Å². The van der Waals surface area contributed by atoms with Gasteiger partial charge in [0.1, 0.15) is 18.0 Å². The maximum atomic E-state index is 7.03. The maximum absolute atomic E-state index is 7.03. The fraction of sp³-hybridized carbons (Fsp3) is 0.273. The number of rotatable bonds is 3. The van der Waals surface area contributed by atoms with Gasteiger partial charge >= 0.3 is 19.5 Å². The van der Waals surface area contributed by atoms with Crippen LogP contribution in [0, 0.1) is 0 Å². The van der Waals surface area contributed by atoms with Crippen molar-refractivity contribution < 1.29 is 47.9 Å². The normalized spacial score (nSPS) is 23.5. The Kier molecular flexibility index (Phi) is 8.20. The topological polar surface area (TPSA) is 161 Å². The quantitative estimate of drug-likeness (QED) is 0.169. The van der Waals surface area contributed by atoms with E-state index >= 15 is 0 Å². The Labute approximate surface area is 349 Å². The Bertz CT molecular complexity index is 3030. The maximum Gasteiger partial charge on any atom is 2.00 e. The zero-order chi connectivity index (χ0) is 38.9. The predicted molar refractivity (Wildman–Crippen MR) is 212 cm³/mol. The van der Waals surface area contributed by atoms with E-state index in [-0.39, 0.29) is 19.5 Å². The van der Waals surface area contributed by atoms with Gasteiger partial charge in [0.05, 0.1) is 35.5 Å². The summed E-state index contributed by atoms with van der Waals surface area (Å²) in [6.07, 6.45) is -2.88. The first kappa shape index (κ1) is 36.5. The number of hydrogen-bond acceptors (Lipinski definition) is 12. The van der Waals surface area contributed by atoms with E-state index in [2.05, 4.69) is 0 Å². The SMILES string of the molecule is CC1(C)O[C@H]2O[C@H]([C@H]3COC(C)(C)O3)[C@H](Oc3cccc4c3-c3nc-4nc4[n-]c(nc5nc(nc6[n-]c(n3)c3ccccc63)-c3ccccc3-5)c3ccccc43)[C@H]2O1.[Zn+2]. The molecule has 8 heterocycles. The Balaban J connectivity index is 0.00000397. The van der Waals surface area contributed by atoms with Crippen LogP contribution in [0.1, 0.15) is 27.7 Å². The third-order valence-electron chi connectivity index (χ3n) is 11.1. The molecule has 3 aromatic heterocycles. The van der Waals surface area contributed by atoms with Crippen LogP contribution in [0.3, 0.4) is 0 Å². The van der Waals surface area contributed by atoms with Gasteiger partial charge in [-0.3, -0.25) is 0 Å². The van der Waals surface area contributed by atoms with Gasteiger partial charge in [-0.25, -0.2) is 9.97 Å². The van der Waals surface area contributed by atoms with Crippen LogP contribution in [-0.4, -0.2) is 78.8 Å². The van der Waals surface area contributed by atoms with Crippen LogP contribution in [0.4, 0.5) is 0 Å². The van der Waals surface area contributed by atoms with Gasteiger partial charge in [-0.1, -0.05) is 84.9 Å². The van der Waals surface area contributed by atoms with Crippen molar-refractivity contribution in [3.8, 4) is 51.3 Å². The Morgan fingerprint density at radius 2 is 1.05 bits per heavy atom. The van der Waals surface area contributed by atoms with Gasteiger partial charge < -0.3 is 58.3 Å². The van der Waals surface area contributed by atoms with Gasteiger partial charge in [-0.2, -0.15) is 0 Å². The summed E-state index contributed by atoms with van der Waals surface area (Å²) in [5, 5.41) is 3.28. The van der Waals surface area contributed by atoms with Gasteiger partial charge in [0.25, 0.3) is 0 Å². The van der Waals surface area contributed by atoms with E-state index in [0.717, 1.165) is 32.7 Å². The summed E-state index contributed by atoms with van der Waals surface area (Å²) in [5.74, 6) is 0.626. The van der Waals surface area contributed by atoms with Crippen LogP contribution in [0.5, 0.6) is 5.75 Å². The minimum absolute atomic E-state index is 0. The van der Waals surface area contributed by atoms with Crippen LogP contribution in [0.25, 0.3) is 89.7 Å². The average molecular weight is 836 g/mol. The second-order valence-corrected chi connectivity index (χ2v) is 15.8. The molecule has 0 N–H and O–H groups in total. The van der Waals surface area contributed by atoms with Crippen molar-refractivity contribution in [1.29, 1.82) is 0 Å². The van der Waals surface area contributed by atoms with Crippen molar-refractivity contribution in [2.24, 2.45) is 0 Å². The Morgan fingerprint density at radius 1 is 0.542 bits per heavy atom. The van der Waals surface area contributed by atoms with Gasteiger partial charge in [0.15, 0.2) is 30.1 Å². The molecule has 4 aromatic carbocycles. The average Bonchev–Trinajstić information content (AvgIpc) is 4.08. The number of hydrogen-bond donors (Lipinski definition) is 0. The van der Waals surface area contributed by atoms with Crippen molar-refractivity contribution in [1.82, 2.24) is 39.9 Å². The minimum atomic E-state index is -0.880. The first-order valence-electron chi connectivity index (χ1n) is 19.3. The molecule has 5 aliphatic rings. The summed E-state index contributed by atoms with van der Waals surface area (Å²) in [6, 6.07) is 29.4. The molecule has 15 heteroatoms. The second-order valence-electron chi connectivity index (χ2n) is 15.8. The van der Waals surface area contributed by atoms with Crippen LogP contribution in [-0.2, 0) is 43.2 Å². The molecule has 3 fully saturated rings. The molecule has 5 aliphatic heterocycles. The zero-order valence-electron chi connectivity index (χ0n) is 32.5. The third-order valence-corrected chi connectivity index (χ3v) is 11.1. The predicted octanol–water partition coefficient (Wildman–Crippen LogP) is 6.90. The molecule has 3 saturated heterocycles. The fourth-order valence-electron chi connectivity index (χ4n) is 8.58. The molecule has 59 heavy (non-hydrogen) atoms. The first-order chi connectivity index (χ1) is 28.1. The van der Waals surface area contributed by atoms with Crippen LogP contribution >= 0.6 is 0 Å². The van der Waals surface area contributed by atoms with Crippen molar-refractivity contribution in [2.45, 2.75) is 70.0 Å². The molecule has 12 rings (SSSR count). The van der Waals surface area contributed by atoms with E-state index in [4.69, 9.17) is 68.3 Å². The number of aromatic nitrogens is 8. The third kappa shape index (κ3) is 5.90. The molecule has 7 aromatic rings. The summed E-state index contributed by atoms with van der Waals surface area (Å²) in [5.41, 5.74) is 4.92. The van der Waals surface area contributed by atoms with Gasteiger partial charge in [0.2, 0.25) is 0 Å². The van der Waals surface area contributed by atoms with E-state index in [9.17, 15) is 0 Å². The minimum Gasteiger partial charge on any atom is -0.484 e. The number of fused-ring (bicyclic) bond motifs is 21. The van der Waals surface area contributed by atoms with Gasteiger partial charge in [-0.15, -0.1) is 0 Å². The molecule has 5 atom stereocenters. The molecule has 0 aliphatic carbocycles. The summed E-state index contributed by atoms with van der Waals surface area (Å²) < 4.78 is 38.4. The molecule has 14 nitrogen and oxygen atoms in total. The first-order valence-corrected chi connectivity index (χ1v) is 19.3. The largest absolute Gasteiger partial charge is 2.00 e. The second kappa shape index (κ2) is 13.2. The number of benzene rings is 4. The summed E-state index contributed by atoms with van der Waals surface area (Å²) in [4.78, 5) is 40.4. The molecule has 0 radical (unpaired) electrons. The fourth-order valence-corrected chi connectivity index (χ4v) is 8.58. The van der Waals surface area contributed by atoms with Crippen molar-refractivity contribution in [3.63, 3.8) is 0 Å². The molecule has 0 amide bonds. The van der Waals surface area contributed by atoms with E-state index < -0.39 is 42.3 Å². The van der Waals surface area contributed by atoms with E-state index in [1.807, 2.05) is 119 Å². The summed E-state index contributed by atoms with van der Waals surface area (Å²) in [6.45, 7) is 7.80. The monoisotopic (exact) mass is 834 g/mol. The van der Waals surface area contributed by atoms with Gasteiger partial charge in [-0.05, 0) is 55.3 Å². The van der Waals surface area contributed by atoms with Crippen LogP contribution < -0.4 is 14.7 Å². The molecule has 0 unspecified atom stereocenters. The molecule has 0 saturated carbocycles. The summed E-state index contributed by atoms with van der Waals surface area (Å²) in [7, 11) is 0. The Hall–Kier alpha value is -5.54. The molecule has 0 spiro atoms. The summed E-state index contributed by atoms with van der Waals surface area (Å²) >= 11 is 0. The molecule has 288 valence electrons. The van der Waals surface area contributed by atoms with Crippen molar-refractivity contribution in [3.05, 3.63) is 91.0 Å². The standard InChI is InChI=1S/C44H34N8O6.Zn/c1-43(2)53-20-29(56-43)31-32(33-42(55-31)58-44(3,4)57-33)54-28-19-11-18-27-30(28)41-51-39-26-17-10-9-16-25(26)37(49-39)47-35-22-13-6-5-12-21(22)34(45-35)46-36-23-14-7-8-15-24(23)38(48-36)50-40(27)52-41;/h5-19,29,31-33,42H,20H2,1-4H3;/q-2;+2/t29-,31-,32+,33-,42-;/m1./s1. The van der Waals surface area contributed by atoms with E-state index in [0.29, 0.717) is 69.4 Å². The smallest absolute Gasteiger partial charge is 0.484 e. The molecular formula is C44H34N8O6Zn. The number of ether oxygens (including phenoxy) is 6. The van der Waals surface area contributed by atoms with Crippen molar-refractivity contribution in [2.75, 3.05) is 6.61 Å². The molecular weight excluding hydrogens is 802 g/mol. The molecule has 8 bridgehead atoms. The van der Waals surface area contributed by atoms with E-state index in [1.165, 1.54) is 0 Å². The van der Waals surface area contributed by atoms with Crippen LogP contribution in [0.15, 0.2) is 91.0 Å². The zero-order valence-corrected chi connectivity index (χ0v) is 35.5. The Morgan fingerprint density at radius 3 is 1.61 bits per heavy atom. The van der Waals surface area contributed by atoms with Crippen molar-refractivity contribution >= 4 is 44.1 Å². The van der Waals surface area contributed by atoms with Gasteiger partial charge in [0, 0.05) is 39.3 Å². The number of nitrogens with zero attached hydrogens (tertiary/aromatic N) is 8.